The van der Waals surface area contributed by atoms with E-state index in [2.05, 4.69) is 5.32 Å². The molecule has 37 heavy (non-hydrogen) atoms. The Morgan fingerprint density at radius 2 is 1.70 bits per heavy atom. The molecule has 0 saturated carbocycles. The van der Waals surface area contributed by atoms with Crippen molar-refractivity contribution in [3.8, 4) is 0 Å². The average Bonchev–Trinajstić information content (AvgIpc) is 2.79. The number of carbonyl (C=O) groups is 2. The van der Waals surface area contributed by atoms with Crippen molar-refractivity contribution < 1.29 is 31.2 Å². The van der Waals surface area contributed by atoms with Crippen LogP contribution in [0.3, 0.4) is 0 Å². The van der Waals surface area contributed by atoms with Crippen molar-refractivity contribution in [1.29, 1.82) is 0 Å². The van der Waals surface area contributed by atoms with Crippen LogP contribution in [0, 0.1) is 12.8 Å². The fourth-order valence-corrected chi connectivity index (χ4v) is 4.60. The number of sulfonamides is 1. The zero-order chi connectivity index (χ0) is 28.1. The van der Waals surface area contributed by atoms with Gasteiger partial charge >= 0.3 is 6.18 Å². The minimum Gasteiger partial charge on any atom is -0.354 e. The van der Waals surface area contributed by atoms with E-state index in [0.29, 0.717) is 16.9 Å². The van der Waals surface area contributed by atoms with Gasteiger partial charge in [0, 0.05) is 13.1 Å². The topological polar surface area (TPSA) is 86.8 Å². The fraction of sp³-hybridized carbons (Fsp3) is 0.440. The summed E-state index contributed by atoms with van der Waals surface area (Å²) in [5.74, 6) is -1.08. The highest BCUT2D eigenvalue weighted by Crippen LogP contribution is 2.36. The lowest BCUT2D eigenvalue weighted by Gasteiger charge is -2.32. The lowest BCUT2D eigenvalue weighted by atomic mass is 10.1. The van der Waals surface area contributed by atoms with Gasteiger partial charge in [-0.15, -0.1) is 0 Å². The molecule has 0 aliphatic heterocycles. The zero-order valence-corrected chi connectivity index (χ0v) is 22.8. The van der Waals surface area contributed by atoms with Crippen LogP contribution < -0.4 is 9.62 Å². The summed E-state index contributed by atoms with van der Waals surface area (Å²) in [6, 6.07) is 8.41. The molecular weight excluding hydrogens is 531 g/mol. The maximum atomic E-state index is 13.5. The molecule has 2 aromatic rings. The number of carbonyl (C=O) groups excluding carboxylic acids is 2. The SMILES string of the molecule is Cc1ccccc1CN(C(=O)CN(c1cc(C(F)(F)F)ccc1Cl)S(C)(=O)=O)C(C)C(=O)NCC(C)C. The van der Waals surface area contributed by atoms with Crippen molar-refractivity contribution in [2.24, 2.45) is 5.92 Å². The monoisotopic (exact) mass is 561 g/mol. The van der Waals surface area contributed by atoms with E-state index in [4.69, 9.17) is 11.6 Å². The highest BCUT2D eigenvalue weighted by atomic mass is 35.5. The van der Waals surface area contributed by atoms with Gasteiger partial charge in [0.15, 0.2) is 0 Å². The summed E-state index contributed by atoms with van der Waals surface area (Å²) in [7, 11) is -4.25. The third kappa shape index (κ3) is 8.36. The molecule has 204 valence electrons. The van der Waals surface area contributed by atoms with Crippen LogP contribution >= 0.6 is 11.6 Å². The number of hydrogen-bond acceptors (Lipinski definition) is 4. The maximum absolute atomic E-state index is 13.5. The van der Waals surface area contributed by atoms with Gasteiger partial charge in [0.05, 0.1) is 22.5 Å². The van der Waals surface area contributed by atoms with Gasteiger partial charge in [0.1, 0.15) is 12.6 Å². The molecule has 0 radical (unpaired) electrons. The van der Waals surface area contributed by atoms with E-state index in [9.17, 15) is 31.2 Å². The normalized spacial score (nSPS) is 12.8. The Morgan fingerprint density at radius 3 is 2.24 bits per heavy atom. The molecule has 12 heteroatoms. The molecule has 2 amide bonds. The first-order valence-electron chi connectivity index (χ1n) is 11.5. The van der Waals surface area contributed by atoms with Crippen LogP contribution in [0.4, 0.5) is 18.9 Å². The molecule has 7 nitrogen and oxygen atoms in total. The summed E-state index contributed by atoms with van der Waals surface area (Å²) in [6.45, 7) is 6.64. The standard InChI is InChI=1S/C25H31ClF3N3O4S/c1-16(2)13-30-24(34)18(4)31(14-19-9-7-6-8-17(19)3)23(33)15-32(37(5,35)36)22-12-20(25(27,28)29)10-11-21(22)26/h6-12,16,18H,13-15H2,1-5H3,(H,30,34). The number of hydrogen-bond donors (Lipinski definition) is 1. The van der Waals surface area contributed by atoms with Crippen LogP contribution in [0.1, 0.15) is 37.5 Å². The molecule has 0 aromatic heterocycles. The van der Waals surface area contributed by atoms with E-state index in [0.717, 1.165) is 29.5 Å². The van der Waals surface area contributed by atoms with Gasteiger partial charge in [-0.1, -0.05) is 49.7 Å². The Balaban J connectivity index is 2.49. The van der Waals surface area contributed by atoms with Gasteiger partial charge in [0.2, 0.25) is 21.8 Å². The number of alkyl halides is 3. The van der Waals surface area contributed by atoms with E-state index in [1.165, 1.54) is 11.8 Å². The summed E-state index contributed by atoms with van der Waals surface area (Å²) >= 11 is 6.08. The third-order valence-corrected chi connectivity index (χ3v) is 7.12. The van der Waals surface area contributed by atoms with Crippen LogP contribution in [0.15, 0.2) is 42.5 Å². The van der Waals surface area contributed by atoms with Crippen molar-refractivity contribution in [3.05, 3.63) is 64.2 Å². The first-order valence-corrected chi connectivity index (χ1v) is 13.7. The number of rotatable bonds is 10. The molecule has 0 aliphatic rings. The maximum Gasteiger partial charge on any atom is 0.416 e. The molecule has 2 aromatic carbocycles. The third-order valence-electron chi connectivity index (χ3n) is 5.68. The number of aryl methyl sites for hydroxylation is 1. The predicted molar refractivity (Wildman–Crippen MR) is 138 cm³/mol. The highest BCUT2D eigenvalue weighted by molar-refractivity contribution is 7.92. The lowest BCUT2D eigenvalue weighted by molar-refractivity contribution is -0.139. The van der Waals surface area contributed by atoms with Crippen LogP contribution in [0.5, 0.6) is 0 Å². The number of amides is 2. The minimum atomic E-state index is -4.76. The van der Waals surface area contributed by atoms with Crippen LogP contribution in [0.2, 0.25) is 5.02 Å². The Hall–Kier alpha value is -2.79. The van der Waals surface area contributed by atoms with Gasteiger partial charge in [-0.3, -0.25) is 13.9 Å². The van der Waals surface area contributed by atoms with E-state index >= 15 is 0 Å². The molecule has 2 rings (SSSR count). The minimum absolute atomic E-state index is 0.0182. The van der Waals surface area contributed by atoms with Crippen molar-refractivity contribution >= 4 is 39.1 Å². The second-order valence-corrected chi connectivity index (χ2v) is 11.5. The molecular formula is C25H31ClF3N3O4S. The van der Waals surface area contributed by atoms with Gasteiger partial charge in [-0.2, -0.15) is 13.2 Å². The molecule has 1 unspecified atom stereocenters. The van der Waals surface area contributed by atoms with Crippen LogP contribution in [-0.4, -0.2) is 50.5 Å². The second kappa shape index (κ2) is 12.2. The van der Waals surface area contributed by atoms with Crippen molar-refractivity contribution in [1.82, 2.24) is 10.2 Å². The number of halogens is 4. The number of nitrogens with zero attached hydrogens (tertiary/aromatic N) is 2. The molecule has 0 spiro atoms. The summed E-state index contributed by atoms with van der Waals surface area (Å²) in [4.78, 5) is 27.6. The lowest BCUT2D eigenvalue weighted by Crippen LogP contribution is -2.51. The fourth-order valence-electron chi connectivity index (χ4n) is 3.48. The molecule has 0 bridgehead atoms. The summed E-state index contributed by atoms with van der Waals surface area (Å²) in [5.41, 5.74) is -0.0374. The van der Waals surface area contributed by atoms with Crippen LogP contribution in [-0.2, 0) is 32.3 Å². The molecule has 0 aliphatic carbocycles. The first kappa shape index (κ1) is 30.4. The first-order chi connectivity index (χ1) is 17.0. The summed E-state index contributed by atoms with van der Waals surface area (Å²) < 4.78 is 65.8. The summed E-state index contributed by atoms with van der Waals surface area (Å²) in [6.07, 6.45) is -3.99. The predicted octanol–water partition coefficient (Wildman–Crippen LogP) is 4.62. The Bertz CT molecular complexity index is 1240. The Labute approximate surface area is 220 Å². The zero-order valence-electron chi connectivity index (χ0n) is 21.3. The Kier molecular flexibility index (Phi) is 10.0. The molecule has 0 saturated heterocycles. The molecule has 0 heterocycles. The molecule has 0 fully saturated rings. The van der Waals surface area contributed by atoms with Gasteiger partial charge in [0.25, 0.3) is 0 Å². The second-order valence-electron chi connectivity index (χ2n) is 9.20. The van der Waals surface area contributed by atoms with Crippen molar-refractivity contribution in [2.45, 2.75) is 46.5 Å². The molecule has 1 atom stereocenters. The smallest absolute Gasteiger partial charge is 0.354 e. The van der Waals surface area contributed by atoms with Gasteiger partial charge in [-0.25, -0.2) is 8.42 Å². The Morgan fingerprint density at radius 1 is 1.08 bits per heavy atom. The van der Waals surface area contributed by atoms with E-state index < -0.39 is 51.9 Å². The van der Waals surface area contributed by atoms with Crippen molar-refractivity contribution in [2.75, 3.05) is 23.7 Å². The quantitative estimate of drug-likeness (QED) is 0.458. The number of anilines is 1. The average molecular weight is 562 g/mol. The van der Waals surface area contributed by atoms with Gasteiger partial charge < -0.3 is 10.2 Å². The van der Waals surface area contributed by atoms with E-state index in [1.54, 1.807) is 12.1 Å². The number of benzene rings is 2. The number of nitrogens with one attached hydrogen (secondary N) is 1. The van der Waals surface area contributed by atoms with Crippen LogP contribution in [0.25, 0.3) is 0 Å². The summed E-state index contributed by atoms with van der Waals surface area (Å²) in [5, 5.41) is 2.48. The largest absolute Gasteiger partial charge is 0.416 e. The van der Waals surface area contributed by atoms with Crippen molar-refractivity contribution in [3.63, 3.8) is 0 Å². The highest BCUT2D eigenvalue weighted by Gasteiger charge is 2.34. The molecule has 1 N–H and O–H groups in total. The van der Waals surface area contributed by atoms with E-state index in [-0.39, 0.29) is 17.5 Å². The van der Waals surface area contributed by atoms with E-state index in [1.807, 2.05) is 32.9 Å². The van der Waals surface area contributed by atoms with Gasteiger partial charge in [-0.05, 0) is 49.1 Å².